The molecule has 0 atom stereocenters. The highest BCUT2D eigenvalue weighted by Gasteiger charge is 2.14. The molecule has 0 amide bonds. The summed E-state index contributed by atoms with van der Waals surface area (Å²) >= 11 is 0. The summed E-state index contributed by atoms with van der Waals surface area (Å²) in [6, 6.07) is 0. The van der Waals surface area contributed by atoms with Crippen molar-refractivity contribution in [1.82, 2.24) is 19.7 Å². The maximum atomic E-state index is 8.75. The van der Waals surface area contributed by atoms with Crippen LogP contribution >= 0.6 is 0 Å². The molecule has 0 saturated carbocycles. The van der Waals surface area contributed by atoms with E-state index in [-0.39, 0.29) is 5.84 Å². The van der Waals surface area contributed by atoms with E-state index >= 15 is 0 Å². The van der Waals surface area contributed by atoms with Crippen molar-refractivity contribution in [3.05, 3.63) is 36.0 Å². The fourth-order valence-corrected chi connectivity index (χ4v) is 1.74. The molecule has 2 heterocycles. The molecule has 0 spiro atoms. The van der Waals surface area contributed by atoms with Crippen molar-refractivity contribution in [3.63, 3.8) is 0 Å². The number of amidine groups is 1. The van der Waals surface area contributed by atoms with Crippen LogP contribution in [0.1, 0.15) is 11.3 Å². The van der Waals surface area contributed by atoms with Crippen LogP contribution in [0.3, 0.4) is 0 Å². The fraction of sp³-hybridized carbons (Fsp3) is 0.273. The lowest BCUT2D eigenvalue weighted by atomic mass is 10.3. The third-order valence-electron chi connectivity index (χ3n) is 2.57. The number of anilines is 1. The predicted molar refractivity (Wildman–Crippen MR) is 69.9 cm³/mol. The zero-order valence-electron chi connectivity index (χ0n) is 10.7. The second kappa shape index (κ2) is 5.34. The van der Waals surface area contributed by atoms with E-state index in [0.29, 0.717) is 18.1 Å². The number of hydrogen-bond donors (Lipinski definition) is 2. The van der Waals surface area contributed by atoms with Crippen LogP contribution in [-0.4, -0.2) is 37.8 Å². The van der Waals surface area contributed by atoms with E-state index in [1.165, 1.54) is 6.20 Å². The molecular weight excluding hydrogens is 246 g/mol. The molecule has 2 aromatic rings. The summed E-state index contributed by atoms with van der Waals surface area (Å²) in [4.78, 5) is 10.1. The minimum absolute atomic E-state index is 0.0684. The molecule has 8 nitrogen and oxygen atoms in total. The maximum Gasteiger partial charge on any atom is 0.192 e. The summed E-state index contributed by atoms with van der Waals surface area (Å²) in [7, 11) is 3.71. The summed E-state index contributed by atoms with van der Waals surface area (Å²) in [6.45, 7) is 0.595. The first-order valence-electron chi connectivity index (χ1n) is 5.59. The van der Waals surface area contributed by atoms with E-state index < -0.39 is 0 Å². The van der Waals surface area contributed by atoms with Gasteiger partial charge in [0.25, 0.3) is 0 Å². The first-order valence-corrected chi connectivity index (χ1v) is 5.59. The van der Waals surface area contributed by atoms with Crippen molar-refractivity contribution in [2.45, 2.75) is 6.54 Å². The second-order valence-electron chi connectivity index (χ2n) is 4.09. The molecule has 2 rings (SSSR count). The second-order valence-corrected chi connectivity index (χ2v) is 4.09. The van der Waals surface area contributed by atoms with Crippen molar-refractivity contribution in [3.8, 4) is 0 Å². The Balaban J connectivity index is 2.26. The Bertz CT molecular complexity index is 592. The lowest BCUT2D eigenvalue weighted by Crippen LogP contribution is -2.24. The van der Waals surface area contributed by atoms with Crippen LogP contribution in [0.2, 0.25) is 0 Å². The van der Waals surface area contributed by atoms with Crippen LogP contribution in [0.15, 0.2) is 29.9 Å². The van der Waals surface area contributed by atoms with Crippen molar-refractivity contribution < 1.29 is 5.21 Å². The molecule has 0 saturated heterocycles. The van der Waals surface area contributed by atoms with Gasteiger partial charge in [0.15, 0.2) is 17.3 Å². The molecular formula is C11H15N7O. The average Bonchev–Trinajstić information content (AvgIpc) is 2.83. The third-order valence-corrected chi connectivity index (χ3v) is 2.57. The van der Waals surface area contributed by atoms with Gasteiger partial charge in [-0.3, -0.25) is 4.68 Å². The standard InChI is InChI=1S/C11H15N7O/c1-17(6-8-5-15-18(2)7-8)11-9(10(12)16-19)13-3-4-14-11/h3-5,7,19H,6H2,1-2H3,(H2,12,16). The molecule has 0 aliphatic heterocycles. The summed E-state index contributed by atoms with van der Waals surface area (Å²) < 4.78 is 1.73. The number of rotatable bonds is 4. The Labute approximate surface area is 110 Å². The largest absolute Gasteiger partial charge is 0.409 e. The van der Waals surface area contributed by atoms with Gasteiger partial charge in [0.1, 0.15) is 0 Å². The minimum atomic E-state index is -0.0684. The maximum absolute atomic E-state index is 8.75. The molecule has 3 N–H and O–H groups in total. The molecule has 8 heteroatoms. The van der Waals surface area contributed by atoms with E-state index in [1.807, 2.05) is 25.2 Å². The Morgan fingerprint density at radius 3 is 2.84 bits per heavy atom. The lowest BCUT2D eigenvalue weighted by Gasteiger charge is -2.18. The van der Waals surface area contributed by atoms with Crippen molar-refractivity contribution in [2.24, 2.45) is 17.9 Å². The first-order chi connectivity index (χ1) is 9.11. The van der Waals surface area contributed by atoms with Gasteiger partial charge in [-0.2, -0.15) is 5.10 Å². The molecule has 0 bridgehead atoms. The monoisotopic (exact) mass is 261 g/mol. The van der Waals surface area contributed by atoms with Crippen LogP contribution in [0.5, 0.6) is 0 Å². The van der Waals surface area contributed by atoms with Crippen LogP contribution in [-0.2, 0) is 13.6 Å². The zero-order valence-corrected chi connectivity index (χ0v) is 10.7. The Kier molecular flexibility index (Phi) is 3.60. The van der Waals surface area contributed by atoms with Crippen molar-refractivity contribution in [2.75, 3.05) is 11.9 Å². The quantitative estimate of drug-likeness (QED) is 0.346. The molecule has 0 aliphatic carbocycles. The Morgan fingerprint density at radius 2 is 2.21 bits per heavy atom. The number of hydrogen-bond acceptors (Lipinski definition) is 6. The number of aryl methyl sites for hydroxylation is 1. The Morgan fingerprint density at radius 1 is 1.47 bits per heavy atom. The van der Waals surface area contributed by atoms with Gasteiger partial charge >= 0.3 is 0 Å². The van der Waals surface area contributed by atoms with Crippen molar-refractivity contribution >= 4 is 11.7 Å². The highest BCUT2D eigenvalue weighted by atomic mass is 16.4. The zero-order chi connectivity index (χ0) is 13.8. The van der Waals surface area contributed by atoms with E-state index in [1.54, 1.807) is 17.1 Å². The summed E-state index contributed by atoms with van der Waals surface area (Å²) in [5, 5.41) is 15.8. The van der Waals surface area contributed by atoms with Gasteiger partial charge in [0.2, 0.25) is 0 Å². The summed E-state index contributed by atoms with van der Waals surface area (Å²) in [5.74, 6) is 0.475. The van der Waals surface area contributed by atoms with Gasteiger partial charge in [-0.15, -0.1) is 0 Å². The van der Waals surface area contributed by atoms with Gasteiger partial charge in [-0.1, -0.05) is 5.16 Å². The van der Waals surface area contributed by atoms with Crippen molar-refractivity contribution in [1.29, 1.82) is 0 Å². The highest BCUT2D eigenvalue weighted by Crippen LogP contribution is 2.15. The molecule has 100 valence electrons. The van der Waals surface area contributed by atoms with E-state index in [2.05, 4.69) is 20.2 Å². The molecule has 0 aliphatic rings. The smallest absolute Gasteiger partial charge is 0.192 e. The lowest BCUT2D eigenvalue weighted by molar-refractivity contribution is 0.318. The molecule has 0 radical (unpaired) electrons. The molecule has 19 heavy (non-hydrogen) atoms. The molecule has 0 unspecified atom stereocenters. The van der Waals surface area contributed by atoms with Crippen LogP contribution in [0.25, 0.3) is 0 Å². The topological polar surface area (TPSA) is 105 Å². The summed E-state index contributed by atoms with van der Waals surface area (Å²) in [6.07, 6.45) is 6.74. The number of nitrogens with zero attached hydrogens (tertiary/aromatic N) is 6. The first kappa shape index (κ1) is 12.8. The third kappa shape index (κ3) is 2.79. The molecule has 0 aromatic carbocycles. The normalized spacial score (nSPS) is 11.6. The molecule has 0 fully saturated rings. The minimum Gasteiger partial charge on any atom is -0.409 e. The van der Waals surface area contributed by atoms with Crippen LogP contribution < -0.4 is 10.6 Å². The number of oxime groups is 1. The van der Waals surface area contributed by atoms with Gasteiger partial charge < -0.3 is 15.8 Å². The highest BCUT2D eigenvalue weighted by molar-refractivity contribution is 5.99. The average molecular weight is 261 g/mol. The van der Waals surface area contributed by atoms with Gasteiger partial charge in [-0.05, 0) is 0 Å². The summed E-state index contributed by atoms with van der Waals surface area (Å²) in [5.41, 5.74) is 6.96. The van der Waals surface area contributed by atoms with Gasteiger partial charge in [-0.25, -0.2) is 9.97 Å². The van der Waals surface area contributed by atoms with Crippen LogP contribution in [0, 0.1) is 0 Å². The predicted octanol–water partition coefficient (Wildman–Crippen LogP) is -0.0590. The number of nitrogens with two attached hydrogens (primary N) is 1. The van der Waals surface area contributed by atoms with E-state index in [0.717, 1.165) is 5.56 Å². The van der Waals surface area contributed by atoms with Gasteiger partial charge in [0, 0.05) is 44.8 Å². The fourth-order valence-electron chi connectivity index (χ4n) is 1.74. The van der Waals surface area contributed by atoms with Crippen LogP contribution in [0.4, 0.5) is 5.82 Å². The van der Waals surface area contributed by atoms with Gasteiger partial charge in [0.05, 0.1) is 6.20 Å². The Hall–Kier alpha value is -2.64. The van der Waals surface area contributed by atoms with E-state index in [9.17, 15) is 0 Å². The molecule has 2 aromatic heterocycles. The number of aromatic nitrogens is 4. The van der Waals surface area contributed by atoms with E-state index in [4.69, 9.17) is 10.9 Å². The SMILES string of the molecule is CN(Cc1cnn(C)c1)c1nccnc1C(N)=NO.